The van der Waals surface area contributed by atoms with Crippen LogP contribution in [0.15, 0.2) is 85.1 Å². The third-order valence-electron chi connectivity index (χ3n) is 7.22. The van der Waals surface area contributed by atoms with Crippen LogP contribution >= 0.6 is 0 Å². The maximum absolute atomic E-state index is 14.0. The van der Waals surface area contributed by atoms with Crippen molar-refractivity contribution in [3.05, 3.63) is 96.3 Å². The summed E-state index contributed by atoms with van der Waals surface area (Å²) < 4.78 is 15.5. The number of carbonyl (C=O) groups is 1. The third-order valence-corrected chi connectivity index (χ3v) is 7.22. The highest BCUT2D eigenvalue weighted by molar-refractivity contribution is 6.10. The Morgan fingerprint density at radius 2 is 1.61 bits per heavy atom. The number of nitrogens with one attached hydrogen (secondary N) is 1. The molecule has 3 heterocycles. The van der Waals surface area contributed by atoms with E-state index in [1.807, 2.05) is 61.5 Å². The molecule has 6 heteroatoms. The number of carbonyl (C=O) groups excluding carboxylic acids is 1. The lowest BCUT2D eigenvalue weighted by molar-refractivity contribution is 0.102. The quantitative estimate of drug-likeness (QED) is 0.257. The first-order chi connectivity index (χ1) is 18.7. The van der Waals surface area contributed by atoms with Crippen molar-refractivity contribution in [2.75, 3.05) is 19.0 Å². The van der Waals surface area contributed by atoms with E-state index in [0.717, 1.165) is 71.0 Å². The number of hydrogen-bond acceptors (Lipinski definition) is 3. The van der Waals surface area contributed by atoms with E-state index < -0.39 is 0 Å². The lowest BCUT2D eigenvalue weighted by Gasteiger charge is -2.11. The van der Waals surface area contributed by atoms with Gasteiger partial charge in [-0.2, -0.15) is 0 Å². The lowest BCUT2D eigenvalue weighted by Crippen LogP contribution is -2.15. The molecule has 5 aromatic rings. The Morgan fingerprint density at radius 1 is 0.895 bits per heavy atom. The standard InChI is InChI=1S/C32H31N3O3/c1-3-38-26-18-14-23(15-19-26)29-27-11-7-8-20-34-28(22-12-16-25(37-2)17-13-22)21-35(32(27)34)30(29)31(36)33-24-9-5-4-6-10-24/h4-6,9-10,12-19,21H,3,7-8,11,20H2,1-2H3,(H,33,36). The van der Waals surface area contributed by atoms with Crippen LogP contribution in [0.25, 0.3) is 28.0 Å². The van der Waals surface area contributed by atoms with Gasteiger partial charge in [-0.05, 0) is 85.8 Å². The first-order valence-corrected chi connectivity index (χ1v) is 13.2. The number of imidazole rings is 1. The number of anilines is 1. The third kappa shape index (κ3) is 4.22. The molecule has 0 atom stereocenters. The number of para-hydroxylation sites is 1. The summed E-state index contributed by atoms with van der Waals surface area (Å²) in [6, 6.07) is 25.9. The van der Waals surface area contributed by atoms with Crippen LogP contribution in [-0.4, -0.2) is 28.6 Å². The van der Waals surface area contributed by atoms with E-state index in [4.69, 9.17) is 9.47 Å². The van der Waals surface area contributed by atoms with Crippen molar-refractivity contribution in [2.24, 2.45) is 0 Å². The van der Waals surface area contributed by atoms with Gasteiger partial charge in [0.25, 0.3) is 5.91 Å². The molecule has 1 aliphatic heterocycles. The van der Waals surface area contributed by atoms with Crippen LogP contribution in [0.4, 0.5) is 5.69 Å². The van der Waals surface area contributed by atoms with Gasteiger partial charge >= 0.3 is 0 Å². The Hall–Kier alpha value is -4.45. The Morgan fingerprint density at radius 3 is 2.32 bits per heavy atom. The summed E-state index contributed by atoms with van der Waals surface area (Å²) in [6.07, 6.45) is 5.17. The van der Waals surface area contributed by atoms with Gasteiger partial charge in [-0.15, -0.1) is 0 Å². The number of aryl methyl sites for hydroxylation is 2. The Labute approximate surface area is 222 Å². The van der Waals surface area contributed by atoms with Crippen molar-refractivity contribution in [3.8, 4) is 33.9 Å². The normalized spacial score (nSPS) is 12.8. The van der Waals surface area contributed by atoms with Crippen LogP contribution in [0.1, 0.15) is 35.8 Å². The van der Waals surface area contributed by atoms with E-state index in [0.29, 0.717) is 12.3 Å². The minimum Gasteiger partial charge on any atom is -0.497 e. The molecule has 0 radical (unpaired) electrons. The summed E-state index contributed by atoms with van der Waals surface area (Å²) in [6.45, 7) is 3.49. The summed E-state index contributed by atoms with van der Waals surface area (Å²) in [5.74, 6) is 1.53. The number of rotatable bonds is 7. The molecular formula is C32H31N3O3. The smallest absolute Gasteiger partial charge is 0.273 e. The summed E-state index contributed by atoms with van der Waals surface area (Å²) in [7, 11) is 1.68. The summed E-state index contributed by atoms with van der Waals surface area (Å²) in [4.78, 5) is 14.0. The van der Waals surface area contributed by atoms with Gasteiger partial charge in [0.15, 0.2) is 0 Å². The Balaban J connectivity index is 1.57. The Kier molecular flexibility index (Phi) is 6.38. The monoisotopic (exact) mass is 505 g/mol. The largest absolute Gasteiger partial charge is 0.497 e. The molecule has 1 amide bonds. The van der Waals surface area contributed by atoms with E-state index in [2.05, 4.69) is 44.7 Å². The summed E-state index contributed by atoms with van der Waals surface area (Å²) in [5.41, 5.74) is 7.93. The van der Waals surface area contributed by atoms with Gasteiger partial charge < -0.3 is 19.4 Å². The van der Waals surface area contributed by atoms with E-state index in [9.17, 15) is 4.79 Å². The first kappa shape index (κ1) is 23.9. The number of ether oxygens (including phenoxy) is 2. The number of aromatic nitrogens is 2. The number of methoxy groups -OCH3 is 1. The van der Waals surface area contributed by atoms with E-state index in [1.165, 1.54) is 5.56 Å². The van der Waals surface area contributed by atoms with Crippen molar-refractivity contribution in [2.45, 2.75) is 32.7 Å². The molecule has 0 bridgehead atoms. The minimum absolute atomic E-state index is 0.125. The second-order valence-corrected chi connectivity index (χ2v) is 9.52. The van der Waals surface area contributed by atoms with Gasteiger partial charge in [0, 0.05) is 29.6 Å². The molecule has 2 aromatic heterocycles. The van der Waals surface area contributed by atoms with Crippen LogP contribution in [0.2, 0.25) is 0 Å². The van der Waals surface area contributed by atoms with Crippen molar-refractivity contribution >= 4 is 17.2 Å². The maximum atomic E-state index is 14.0. The molecule has 0 aliphatic carbocycles. The molecule has 6 rings (SSSR count). The van der Waals surface area contributed by atoms with Crippen molar-refractivity contribution < 1.29 is 14.3 Å². The molecular weight excluding hydrogens is 474 g/mol. The molecule has 0 saturated heterocycles. The second-order valence-electron chi connectivity index (χ2n) is 9.52. The van der Waals surface area contributed by atoms with Crippen LogP contribution in [0.5, 0.6) is 11.5 Å². The number of benzene rings is 3. The molecule has 192 valence electrons. The zero-order chi connectivity index (χ0) is 26.1. The van der Waals surface area contributed by atoms with Crippen LogP contribution in [-0.2, 0) is 13.0 Å². The predicted octanol–water partition coefficient (Wildman–Crippen LogP) is 7.07. The fourth-order valence-electron chi connectivity index (χ4n) is 5.51. The molecule has 1 aliphatic rings. The predicted molar refractivity (Wildman–Crippen MR) is 151 cm³/mol. The van der Waals surface area contributed by atoms with Gasteiger partial charge in [-0.3, -0.25) is 9.20 Å². The Bertz CT molecular complexity index is 1580. The van der Waals surface area contributed by atoms with Crippen molar-refractivity contribution in [3.63, 3.8) is 0 Å². The number of amides is 1. The molecule has 3 aromatic carbocycles. The minimum atomic E-state index is -0.125. The lowest BCUT2D eigenvalue weighted by atomic mass is 9.97. The highest BCUT2D eigenvalue weighted by Crippen LogP contribution is 2.40. The SMILES string of the molecule is CCOc1ccc(-c2c3c4n(c(-c5ccc(OC)cc5)cn4c2C(=O)Nc2ccccc2)CCCC3)cc1. The van der Waals surface area contributed by atoms with Crippen molar-refractivity contribution in [1.82, 2.24) is 8.97 Å². The molecule has 0 saturated carbocycles. The molecule has 0 unspecified atom stereocenters. The van der Waals surface area contributed by atoms with E-state index in [1.54, 1.807) is 7.11 Å². The van der Waals surface area contributed by atoms with E-state index >= 15 is 0 Å². The van der Waals surface area contributed by atoms with Gasteiger partial charge in [-0.1, -0.05) is 30.3 Å². The summed E-state index contributed by atoms with van der Waals surface area (Å²) >= 11 is 0. The highest BCUT2D eigenvalue weighted by Gasteiger charge is 2.29. The zero-order valence-corrected chi connectivity index (χ0v) is 21.7. The zero-order valence-electron chi connectivity index (χ0n) is 21.7. The average Bonchev–Trinajstić information content (AvgIpc) is 3.37. The van der Waals surface area contributed by atoms with Gasteiger partial charge in [0.05, 0.1) is 19.4 Å². The van der Waals surface area contributed by atoms with Gasteiger partial charge in [-0.25, -0.2) is 0 Å². The molecule has 1 N–H and O–H groups in total. The highest BCUT2D eigenvalue weighted by atomic mass is 16.5. The van der Waals surface area contributed by atoms with Crippen LogP contribution in [0.3, 0.4) is 0 Å². The van der Waals surface area contributed by atoms with Crippen molar-refractivity contribution in [1.29, 1.82) is 0 Å². The first-order valence-electron chi connectivity index (χ1n) is 13.2. The van der Waals surface area contributed by atoms with E-state index in [-0.39, 0.29) is 5.91 Å². The van der Waals surface area contributed by atoms with Gasteiger partial charge in [0.1, 0.15) is 22.8 Å². The number of hydrogen-bond donors (Lipinski definition) is 1. The second kappa shape index (κ2) is 10.1. The molecule has 0 spiro atoms. The number of nitrogens with zero attached hydrogens (tertiary/aromatic N) is 2. The average molecular weight is 506 g/mol. The molecule has 6 nitrogen and oxygen atoms in total. The van der Waals surface area contributed by atoms with Crippen LogP contribution < -0.4 is 14.8 Å². The maximum Gasteiger partial charge on any atom is 0.273 e. The fraction of sp³-hybridized carbons (Fsp3) is 0.219. The van der Waals surface area contributed by atoms with Gasteiger partial charge in [0.2, 0.25) is 0 Å². The van der Waals surface area contributed by atoms with Crippen LogP contribution in [0, 0.1) is 0 Å². The molecule has 0 fully saturated rings. The summed E-state index contributed by atoms with van der Waals surface area (Å²) in [5, 5.41) is 3.14. The topological polar surface area (TPSA) is 56.9 Å². The fourth-order valence-corrected chi connectivity index (χ4v) is 5.51. The molecule has 38 heavy (non-hydrogen) atoms.